The largest absolute Gasteiger partial charge is 0.303 e. The van der Waals surface area contributed by atoms with Gasteiger partial charge in [0.15, 0.2) is 5.16 Å². The minimum atomic E-state index is 0.313. The molecule has 2 aromatic rings. The zero-order valence-corrected chi connectivity index (χ0v) is 13.2. The van der Waals surface area contributed by atoms with Crippen molar-refractivity contribution < 1.29 is 0 Å². The molecule has 0 atom stereocenters. The summed E-state index contributed by atoms with van der Waals surface area (Å²) in [6.07, 6.45) is 2.32. The molecular formula is C13H16ClN5S. The summed E-state index contributed by atoms with van der Waals surface area (Å²) in [6, 6.07) is 2.10. The summed E-state index contributed by atoms with van der Waals surface area (Å²) < 4.78 is 2.09. The smallest absolute Gasteiger partial charge is 0.197 e. The minimum absolute atomic E-state index is 0.313. The van der Waals surface area contributed by atoms with E-state index in [1.807, 2.05) is 6.92 Å². The average Bonchev–Trinajstić information content (AvgIpc) is 3.14. The number of rotatable bonds is 4. The highest BCUT2D eigenvalue weighted by molar-refractivity contribution is 7.99. The standard InChI is InChI=1S/C13H16ClN5S/c1-7(2)19-8(3)17-18-13(19)20-11-6-10(14)15-12(16-11)9-4-5-9/h6-7,9H,4-5H2,1-3H3. The van der Waals surface area contributed by atoms with Gasteiger partial charge in [-0.1, -0.05) is 11.6 Å². The van der Waals surface area contributed by atoms with E-state index in [9.17, 15) is 0 Å². The van der Waals surface area contributed by atoms with Crippen LogP contribution in [-0.2, 0) is 0 Å². The molecule has 7 heteroatoms. The summed E-state index contributed by atoms with van der Waals surface area (Å²) in [4.78, 5) is 8.89. The first-order valence-corrected chi connectivity index (χ1v) is 7.88. The van der Waals surface area contributed by atoms with Gasteiger partial charge in [-0.3, -0.25) is 0 Å². The van der Waals surface area contributed by atoms with Crippen molar-refractivity contribution in [2.75, 3.05) is 0 Å². The molecule has 0 saturated heterocycles. The number of aromatic nitrogens is 5. The second kappa shape index (κ2) is 5.33. The first-order chi connectivity index (χ1) is 9.54. The summed E-state index contributed by atoms with van der Waals surface area (Å²) >= 11 is 7.58. The Labute approximate surface area is 127 Å². The van der Waals surface area contributed by atoms with Gasteiger partial charge in [-0.15, -0.1) is 10.2 Å². The van der Waals surface area contributed by atoms with Crippen LogP contribution in [0.3, 0.4) is 0 Å². The number of hydrogen-bond donors (Lipinski definition) is 0. The molecule has 3 rings (SSSR count). The molecule has 20 heavy (non-hydrogen) atoms. The average molecular weight is 310 g/mol. The topological polar surface area (TPSA) is 56.5 Å². The molecular weight excluding hydrogens is 294 g/mol. The molecule has 0 bridgehead atoms. The maximum Gasteiger partial charge on any atom is 0.197 e. The van der Waals surface area contributed by atoms with Crippen molar-refractivity contribution in [1.29, 1.82) is 0 Å². The minimum Gasteiger partial charge on any atom is -0.303 e. The van der Waals surface area contributed by atoms with Gasteiger partial charge in [0.2, 0.25) is 0 Å². The lowest BCUT2D eigenvalue weighted by atomic mass is 10.4. The summed E-state index contributed by atoms with van der Waals surface area (Å²) in [6.45, 7) is 6.19. The van der Waals surface area contributed by atoms with Gasteiger partial charge in [-0.05, 0) is 45.4 Å². The molecule has 1 aliphatic carbocycles. The Morgan fingerprint density at radius 3 is 2.70 bits per heavy atom. The normalized spacial score (nSPS) is 15.1. The van der Waals surface area contributed by atoms with Gasteiger partial charge >= 0.3 is 0 Å². The van der Waals surface area contributed by atoms with E-state index >= 15 is 0 Å². The first kappa shape index (κ1) is 13.8. The lowest BCUT2D eigenvalue weighted by Gasteiger charge is -2.11. The van der Waals surface area contributed by atoms with Crippen LogP contribution in [0.25, 0.3) is 0 Å². The number of hydrogen-bond acceptors (Lipinski definition) is 5. The quantitative estimate of drug-likeness (QED) is 0.807. The van der Waals surface area contributed by atoms with Gasteiger partial charge in [0.05, 0.1) is 0 Å². The molecule has 0 aromatic carbocycles. The van der Waals surface area contributed by atoms with Gasteiger partial charge < -0.3 is 4.57 Å². The number of aryl methyl sites for hydroxylation is 1. The summed E-state index contributed by atoms with van der Waals surface area (Å²) in [5.41, 5.74) is 0. The monoisotopic (exact) mass is 309 g/mol. The zero-order valence-electron chi connectivity index (χ0n) is 11.7. The molecule has 1 fully saturated rings. The van der Waals surface area contributed by atoms with Crippen LogP contribution in [0.4, 0.5) is 0 Å². The second-order valence-electron chi connectivity index (χ2n) is 5.26. The number of halogens is 1. The molecule has 1 saturated carbocycles. The summed E-state index contributed by atoms with van der Waals surface area (Å²) in [5.74, 6) is 2.25. The van der Waals surface area contributed by atoms with Gasteiger partial charge in [0, 0.05) is 18.0 Å². The van der Waals surface area contributed by atoms with E-state index in [4.69, 9.17) is 11.6 Å². The van der Waals surface area contributed by atoms with Gasteiger partial charge in [0.25, 0.3) is 0 Å². The molecule has 106 valence electrons. The van der Waals surface area contributed by atoms with Crippen LogP contribution >= 0.6 is 23.4 Å². The van der Waals surface area contributed by atoms with Crippen LogP contribution in [0.15, 0.2) is 16.2 Å². The Hall–Kier alpha value is -1.14. The van der Waals surface area contributed by atoms with Crippen molar-refractivity contribution in [3.05, 3.63) is 22.9 Å². The van der Waals surface area contributed by atoms with Crippen molar-refractivity contribution in [1.82, 2.24) is 24.7 Å². The van der Waals surface area contributed by atoms with Crippen LogP contribution in [0, 0.1) is 6.92 Å². The molecule has 2 aromatic heterocycles. The Kier molecular flexibility index (Phi) is 3.69. The Bertz CT molecular complexity index is 636. The van der Waals surface area contributed by atoms with Crippen LogP contribution in [-0.4, -0.2) is 24.7 Å². The van der Waals surface area contributed by atoms with Gasteiger partial charge in [0.1, 0.15) is 21.8 Å². The van der Waals surface area contributed by atoms with E-state index in [1.165, 1.54) is 11.8 Å². The van der Waals surface area contributed by atoms with Crippen molar-refractivity contribution in [2.24, 2.45) is 0 Å². The second-order valence-corrected chi connectivity index (χ2v) is 6.63. The third kappa shape index (κ3) is 2.81. The van der Waals surface area contributed by atoms with E-state index in [0.717, 1.165) is 34.7 Å². The van der Waals surface area contributed by atoms with Gasteiger partial charge in [-0.2, -0.15) is 0 Å². The van der Waals surface area contributed by atoms with Gasteiger partial charge in [-0.25, -0.2) is 9.97 Å². The molecule has 1 aliphatic rings. The lowest BCUT2D eigenvalue weighted by Crippen LogP contribution is -2.05. The van der Waals surface area contributed by atoms with E-state index in [2.05, 4.69) is 38.6 Å². The predicted octanol–water partition coefficient (Wildman–Crippen LogP) is 3.64. The molecule has 0 N–H and O–H groups in total. The fourth-order valence-corrected chi connectivity index (χ4v) is 3.37. The van der Waals surface area contributed by atoms with E-state index in [0.29, 0.717) is 17.1 Å². The van der Waals surface area contributed by atoms with Crippen LogP contribution < -0.4 is 0 Å². The van der Waals surface area contributed by atoms with Crippen molar-refractivity contribution >= 4 is 23.4 Å². The SMILES string of the molecule is Cc1nnc(Sc2cc(Cl)nc(C3CC3)n2)n1C(C)C. The highest BCUT2D eigenvalue weighted by Crippen LogP contribution is 2.39. The maximum absolute atomic E-state index is 6.09. The Balaban J connectivity index is 1.91. The van der Waals surface area contributed by atoms with Crippen molar-refractivity contribution in [3.63, 3.8) is 0 Å². The highest BCUT2D eigenvalue weighted by atomic mass is 35.5. The van der Waals surface area contributed by atoms with E-state index < -0.39 is 0 Å². The fourth-order valence-electron chi connectivity index (χ4n) is 2.10. The van der Waals surface area contributed by atoms with Crippen molar-refractivity contribution in [2.45, 2.75) is 55.8 Å². The molecule has 5 nitrogen and oxygen atoms in total. The third-order valence-electron chi connectivity index (χ3n) is 3.18. The van der Waals surface area contributed by atoms with Crippen LogP contribution in [0.2, 0.25) is 5.15 Å². The lowest BCUT2D eigenvalue weighted by molar-refractivity contribution is 0.536. The summed E-state index contributed by atoms with van der Waals surface area (Å²) in [5, 5.41) is 10.5. The summed E-state index contributed by atoms with van der Waals surface area (Å²) in [7, 11) is 0. The van der Waals surface area contributed by atoms with E-state index in [-0.39, 0.29) is 0 Å². The molecule has 0 amide bonds. The van der Waals surface area contributed by atoms with Crippen LogP contribution in [0.5, 0.6) is 0 Å². The zero-order chi connectivity index (χ0) is 14.3. The van der Waals surface area contributed by atoms with Crippen molar-refractivity contribution in [3.8, 4) is 0 Å². The molecule has 2 heterocycles. The number of nitrogens with zero attached hydrogens (tertiary/aromatic N) is 5. The molecule has 0 spiro atoms. The predicted molar refractivity (Wildman–Crippen MR) is 78.3 cm³/mol. The molecule has 0 radical (unpaired) electrons. The fraction of sp³-hybridized carbons (Fsp3) is 0.538. The highest BCUT2D eigenvalue weighted by Gasteiger charge is 2.27. The molecule has 0 aliphatic heterocycles. The third-order valence-corrected chi connectivity index (χ3v) is 4.25. The van der Waals surface area contributed by atoms with Crippen LogP contribution in [0.1, 0.15) is 50.3 Å². The Morgan fingerprint density at radius 1 is 1.30 bits per heavy atom. The first-order valence-electron chi connectivity index (χ1n) is 6.68. The van der Waals surface area contributed by atoms with E-state index in [1.54, 1.807) is 6.07 Å². The Morgan fingerprint density at radius 2 is 2.05 bits per heavy atom. The molecule has 0 unspecified atom stereocenters. The maximum atomic E-state index is 6.09.